The van der Waals surface area contributed by atoms with Crippen molar-refractivity contribution in [1.29, 1.82) is 0 Å². The minimum absolute atomic E-state index is 0.0284. The van der Waals surface area contributed by atoms with Gasteiger partial charge in [0.05, 0.1) is 6.26 Å². The van der Waals surface area contributed by atoms with E-state index in [1.165, 1.54) is 17.4 Å². The van der Waals surface area contributed by atoms with Gasteiger partial charge in [-0.25, -0.2) is 0 Å². The molecule has 30 heavy (non-hydrogen) atoms. The standard InChI is InChI=1S/C24H22N2O4/c27-21(18-10-9-16-4-1-5-17(16)14-18)11-12-23(28)25-19-6-2-7-20(15-19)26-24(29)22-8-3-13-30-22/h2-3,6-10,13-15H,1,4-5,11-12H2,(H,25,28)(H,26,29). The zero-order valence-corrected chi connectivity index (χ0v) is 16.4. The van der Waals surface area contributed by atoms with Crippen molar-refractivity contribution in [3.8, 4) is 0 Å². The van der Waals surface area contributed by atoms with Gasteiger partial charge >= 0.3 is 0 Å². The molecule has 0 atom stereocenters. The molecule has 0 unspecified atom stereocenters. The summed E-state index contributed by atoms with van der Waals surface area (Å²) in [6, 6.07) is 15.9. The van der Waals surface area contributed by atoms with Gasteiger partial charge in [-0.05, 0) is 66.8 Å². The fourth-order valence-corrected chi connectivity index (χ4v) is 3.62. The van der Waals surface area contributed by atoms with Crippen molar-refractivity contribution in [2.24, 2.45) is 0 Å². The Hall–Kier alpha value is -3.67. The van der Waals surface area contributed by atoms with Gasteiger partial charge in [0.25, 0.3) is 5.91 Å². The third-order valence-electron chi connectivity index (χ3n) is 5.15. The lowest BCUT2D eigenvalue weighted by Gasteiger charge is -2.08. The molecule has 0 radical (unpaired) electrons. The van der Waals surface area contributed by atoms with Crippen LogP contribution in [0.5, 0.6) is 0 Å². The number of hydrogen-bond acceptors (Lipinski definition) is 4. The zero-order chi connectivity index (χ0) is 20.9. The summed E-state index contributed by atoms with van der Waals surface area (Å²) in [5.74, 6) is -0.448. The molecule has 2 N–H and O–H groups in total. The molecular formula is C24H22N2O4. The summed E-state index contributed by atoms with van der Waals surface area (Å²) < 4.78 is 5.06. The number of ketones is 1. The molecule has 6 nitrogen and oxygen atoms in total. The molecule has 1 aliphatic rings. The lowest BCUT2D eigenvalue weighted by atomic mass is 10.0. The molecule has 2 aromatic carbocycles. The Morgan fingerprint density at radius 3 is 2.43 bits per heavy atom. The van der Waals surface area contributed by atoms with E-state index in [1.54, 1.807) is 36.4 Å². The number of anilines is 2. The summed E-state index contributed by atoms with van der Waals surface area (Å²) in [6.07, 6.45) is 4.90. The molecule has 4 rings (SSSR count). The number of aryl methyl sites for hydroxylation is 2. The number of benzene rings is 2. The van der Waals surface area contributed by atoms with Crippen LogP contribution in [0.25, 0.3) is 0 Å². The molecule has 1 aromatic heterocycles. The predicted octanol–water partition coefficient (Wildman–Crippen LogP) is 4.62. The predicted molar refractivity (Wildman–Crippen MR) is 114 cm³/mol. The number of carbonyl (C=O) groups is 3. The Morgan fingerprint density at radius 2 is 1.63 bits per heavy atom. The van der Waals surface area contributed by atoms with Gasteiger partial charge in [-0.15, -0.1) is 0 Å². The molecule has 0 bridgehead atoms. The molecule has 0 aliphatic heterocycles. The van der Waals surface area contributed by atoms with E-state index in [0.29, 0.717) is 16.9 Å². The zero-order valence-electron chi connectivity index (χ0n) is 16.4. The molecule has 1 aliphatic carbocycles. The molecule has 0 saturated heterocycles. The quantitative estimate of drug-likeness (QED) is 0.564. The highest BCUT2D eigenvalue weighted by Crippen LogP contribution is 2.23. The Balaban J connectivity index is 1.30. The average molecular weight is 402 g/mol. The van der Waals surface area contributed by atoms with E-state index in [9.17, 15) is 14.4 Å². The van der Waals surface area contributed by atoms with Crippen molar-refractivity contribution in [2.75, 3.05) is 10.6 Å². The summed E-state index contributed by atoms with van der Waals surface area (Å²) >= 11 is 0. The van der Waals surface area contributed by atoms with Gasteiger partial charge in [0, 0.05) is 29.8 Å². The lowest BCUT2D eigenvalue weighted by molar-refractivity contribution is -0.116. The number of amides is 2. The highest BCUT2D eigenvalue weighted by atomic mass is 16.3. The first-order chi connectivity index (χ1) is 14.6. The van der Waals surface area contributed by atoms with Crippen LogP contribution in [0.4, 0.5) is 11.4 Å². The number of nitrogens with one attached hydrogen (secondary N) is 2. The third kappa shape index (κ3) is 4.66. The number of fused-ring (bicyclic) bond motifs is 1. The molecule has 0 fully saturated rings. The topological polar surface area (TPSA) is 88.4 Å². The second-order valence-corrected chi connectivity index (χ2v) is 7.32. The van der Waals surface area contributed by atoms with E-state index in [1.807, 2.05) is 18.2 Å². The molecular weight excluding hydrogens is 380 g/mol. The highest BCUT2D eigenvalue weighted by Gasteiger charge is 2.15. The molecule has 2 amide bonds. The van der Waals surface area contributed by atoms with Gasteiger partial charge in [-0.2, -0.15) is 0 Å². The molecule has 6 heteroatoms. The van der Waals surface area contributed by atoms with E-state index in [0.717, 1.165) is 19.3 Å². The van der Waals surface area contributed by atoms with Crippen LogP contribution in [0.3, 0.4) is 0 Å². The lowest BCUT2D eigenvalue weighted by Crippen LogP contribution is -2.14. The van der Waals surface area contributed by atoms with E-state index < -0.39 is 0 Å². The summed E-state index contributed by atoms with van der Waals surface area (Å²) in [6.45, 7) is 0. The van der Waals surface area contributed by atoms with Crippen LogP contribution < -0.4 is 10.6 Å². The Labute approximate surface area is 174 Å². The molecule has 1 heterocycles. The van der Waals surface area contributed by atoms with Crippen molar-refractivity contribution in [1.82, 2.24) is 0 Å². The number of Topliss-reactive ketones (excluding diaryl/α,β-unsaturated/α-hetero) is 1. The van der Waals surface area contributed by atoms with Crippen LogP contribution in [-0.2, 0) is 17.6 Å². The molecule has 152 valence electrons. The van der Waals surface area contributed by atoms with Gasteiger partial charge < -0.3 is 15.1 Å². The van der Waals surface area contributed by atoms with Gasteiger partial charge in [0.15, 0.2) is 11.5 Å². The smallest absolute Gasteiger partial charge is 0.291 e. The fraction of sp³-hybridized carbons (Fsp3) is 0.208. The van der Waals surface area contributed by atoms with Crippen LogP contribution in [0.15, 0.2) is 65.3 Å². The summed E-state index contributed by atoms with van der Waals surface area (Å²) in [5, 5.41) is 5.48. The maximum atomic E-state index is 12.5. The van der Waals surface area contributed by atoms with E-state index in [4.69, 9.17) is 4.42 Å². The maximum absolute atomic E-state index is 12.5. The van der Waals surface area contributed by atoms with Crippen LogP contribution >= 0.6 is 0 Å². The first-order valence-electron chi connectivity index (χ1n) is 9.98. The Bertz CT molecular complexity index is 1090. The summed E-state index contributed by atoms with van der Waals surface area (Å²) in [4.78, 5) is 36.8. The normalized spacial score (nSPS) is 12.3. The fourth-order valence-electron chi connectivity index (χ4n) is 3.62. The Kier molecular flexibility index (Phi) is 5.75. The molecule has 0 saturated carbocycles. The van der Waals surface area contributed by atoms with Crippen molar-refractivity contribution in [3.05, 3.63) is 83.3 Å². The number of rotatable bonds is 7. The van der Waals surface area contributed by atoms with Gasteiger partial charge in [0.2, 0.25) is 5.91 Å². The second-order valence-electron chi connectivity index (χ2n) is 7.32. The second kappa shape index (κ2) is 8.78. The van der Waals surface area contributed by atoms with E-state index in [-0.39, 0.29) is 36.2 Å². The Morgan fingerprint density at radius 1 is 0.833 bits per heavy atom. The van der Waals surface area contributed by atoms with Crippen molar-refractivity contribution in [3.63, 3.8) is 0 Å². The monoisotopic (exact) mass is 402 g/mol. The SMILES string of the molecule is O=C(CCC(=O)c1ccc2c(c1)CCC2)Nc1cccc(NC(=O)c2ccco2)c1. The van der Waals surface area contributed by atoms with Gasteiger partial charge in [-0.3, -0.25) is 14.4 Å². The minimum atomic E-state index is -0.372. The third-order valence-corrected chi connectivity index (χ3v) is 5.15. The average Bonchev–Trinajstić information content (AvgIpc) is 3.43. The molecule has 0 spiro atoms. The first kappa shape index (κ1) is 19.6. The van der Waals surface area contributed by atoms with E-state index >= 15 is 0 Å². The van der Waals surface area contributed by atoms with Crippen LogP contribution in [0, 0.1) is 0 Å². The van der Waals surface area contributed by atoms with Gasteiger partial charge in [0.1, 0.15) is 0 Å². The summed E-state index contributed by atoms with van der Waals surface area (Å²) in [5.41, 5.74) is 4.32. The van der Waals surface area contributed by atoms with Gasteiger partial charge in [-0.1, -0.05) is 18.2 Å². The first-order valence-corrected chi connectivity index (χ1v) is 9.98. The summed E-state index contributed by atoms with van der Waals surface area (Å²) in [7, 11) is 0. The van der Waals surface area contributed by atoms with Crippen LogP contribution in [0.1, 0.15) is 51.3 Å². The molecule has 3 aromatic rings. The van der Waals surface area contributed by atoms with Crippen molar-refractivity contribution >= 4 is 29.0 Å². The van der Waals surface area contributed by atoms with Crippen molar-refractivity contribution in [2.45, 2.75) is 32.1 Å². The maximum Gasteiger partial charge on any atom is 0.291 e. The van der Waals surface area contributed by atoms with E-state index in [2.05, 4.69) is 10.6 Å². The number of furan rings is 1. The largest absolute Gasteiger partial charge is 0.459 e. The van der Waals surface area contributed by atoms with Crippen molar-refractivity contribution < 1.29 is 18.8 Å². The van der Waals surface area contributed by atoms with Crippen LogP contribution in [-0.4, -0.2) is 17.6 Å². The minimum Gasteiger partial charge on any atom is -0.459 e. The van der Waals surface area contributed by atoms with Crippen LogP contribution in [0.2, 0.25) is 0 Å². The highest BCUT2D eigenvalue weighted by molar-refractivity contribution is 6.03. The number of hydrogen-bond donors (Lipinski definition) is 2. The number of carbonyl (C=O) groups excluding carboxylic acids is 3.